The molecule has 140 valence electrons. The van der Waals surface area contributed by atoms with Gasteiger partial charge in [-0.15, -0.1) is 0 Å². The van der Waals surface area contributed by atoms with Gasteiger partial charge >= 0.3 is 0 Å². The summed E-state index contributed by atoms with van der Waals surface area (Å²) in [6.07, 6.45) is 3.45. The number of rotatable bonds is 5. The largest absolute Gasteiger partial charge is 0.380 e. The highest BCUT2D eigenvalue weighted by Crippen LogP contribution is 2.34. The molecule has 1 fully saturated rings. The molecule has 2 atom stereocenters. The van der Waals surface area contributed by atoms with E-state index in [9.17, 15) is 13.6 Å². The molecule has 0 spiro atoms. The number of carbonyl (C=O) groups is 1. The van der Waals surface area contributed by atoms with Crippen molar-refractivity contribution in [1.82, 2.24) is 0 Å². The lowest BCUT2D eigenvalue weighted by atomic mass is 10.0. The van der Waals surface area contributed by atoms with Crippen LogP contribution in [0.5, 0.6) is 0 Å². The summed E-state index contributed by atoms with van der Waals surface area (Å²) in [5, 5.41) is 5.66. The van der Waals surface area contributed by atoms with Gasteiger partial charge in [-0.1, -0.05) is 6.07 Å². The Morgan fingerprint density at radius 3 is 2.93 bits per heavy atom. The van der Waals surface area contributed by atoms with Gasteiger partial charge in [0.2, 0.25) is 5.91 Å². The molecule has 0 bridgehead atoms. The summed E-state index contributed by atoms with van der Waals surface area (Å²) in [5.74, 6) is -2.09. The number of fused-ring (bicyclic) bond motifs is 1. The Kier molecular flexibility index (Phi) is 4.85. The van der Waals surface area contributed by atoms with Gasteiger partial charge in [-0.2, -0.15) is 0 Å². The van der Waals surface area contributed by atoms with E-state index in [1.807, 2.05) is 0 Å². The lowest BCUT2D eigenvalue weighted by Gasteiger charge is -2.12. The van der Waals surface area contributed by atoms with Crippen LogP contribution in [0.25, 0.3) is 0 Å². The molecule has 1 saturated heterocycles. The SMILES string of the molecule is O=C1Nc2cccc(F)c2C1C=Nc1ccc(NCC2CCCO2)c(F)c1. The fraction of sp³-hybridized carbons (Fsp3) is 0.300. The van der Waals surface area contributed by atoms with Crippen LogP contribution in [0, 0.1) is 11.6 Å². The molecule has 0 radical (unpaired) electrons. The van der Waals surface area contributed by atoms with Crippen LogP contribution in [0.3, 0.4) is 0 Å². The number of hydrogen-bond acceptors (Lipinski definition) is 4. The molecule has 7 heteroatoms. The van der Waals surface area contributed by atoms with Gasteiger partial charge in [-0.25, -0.2) is 8.78 Å². The van der Waals surface area contributed by atoms with E-state index >= 15 is 0 Å². The van der Waals surface area contributed by atoms with Gasteiger partial charge in [0.05, 0.1) is 17.5 Å². The quantitative estimate of drug-likeness (QED) is 0.781. The number of ether oxygens (including phenoxy) is 1. The van der Waals surface area contributed by atoms with E-state index in [2.05, 4.69) is 15.6 Å². The maximum absolute atomic E-state index is 14.3. The highest BCUT2D eigenvalue weighted by atomic mass is 19.1. The Labute approximate surface area is 155 Å². The number of aliphatic imine (C=N–C) groups is 1. The first kappa shape index (κ1) is 17.6. The lowest BCUT2D eigenvalue weighted by Crippen LogP contribution is -2.18. The molecular formula is C20H19F2N3O2. The predicted molar refractivity (Wildman–Crippen MR) is 99.8 cm³/mol. The van der Waals surface area contributed by atoms with Gasteiger partial charge < -0.3 is 15.4 Å². The zero-order valence-corrected chi connectivity index (χ0v) is 14.5. The summed E-state index contributed by atoms with van der Waals surface area (Å²) in [6.45, 7) is 1.30. The zero-order chi connectivity index (χ0) is 18.8. The fourth-order valence-corrected chi connectivity index (χ4v) is 3.36. The average Bonchev–Trinajstić information content (AvgIpc) is 3.27. The molecule has 0 saturated carbocycles. The van der Waals surface area contributed by atoms with Crippen molar-refractivity contribution >= 4 is 29.2 Å². The first-order chi connectivity index (χ1) is 13.1. The summed E-state index contributed by atoms with van der Waals surface area (Å²) in [6, 6.07) is 8.99. The number of anilines is 2. The third-order valence-corrected chi connectivity index (χ3v) is 4.77. The Morgan fingerprint density at radius 2 is 2.15 bits per heavy atom. The van der Waals surface area contributed by atoms with Gasteiger partial charge in [-0.3, -0.25) is 9.79 Å². The van der Waals surface area contributed by atoms with E-state index in [1.54, 1.807) is 18.2 Å². The smallest absolute Gasteiger partial charge is 0.237 e. The van der Waals surface area contributed by atoms with E-state index in [-0.39, 0.29) is 17.6 Å². The minimum atomic E-state index is -0.832. The molecule has 27 heavy (non-hydrogen) atoms. The minimum Gasteiger partial charge on any atom is -0.380 e. The van der Waals surface area contributed by atoms with Crippen molar-refractivity contribution in [3.8, 4) is 0 Å². The number of nitrogens with zero attached hydrogens (tertiary/aromatic N) is 1. The highest BCUT2D eigenvalue weighted by Gasteiger charge is 2.31. The molecule has 2 aromatic rings. The van der Waals surface area contributed by atoms with Crippen LogP contribution < -0.4 is 10.6 Å². The average molecular weight is 371 g/mol. The molecule has 1 amide bonds. The fourth-order valence-electron chi connectivity index (χ4n) is 3.36. The first-order valence-electron chi connectivity index (χ1n) is 8.90. The molecule has 0 aromatic heterocycles. The van der Waals surface area contributed by atoms with Crippen molar-refractivity contribution in [2.75, 3.05) is 23.8 Å². The number of carbonyl (C=O) groups excluding carboxylic acids is 1. The van der Waals surface area contributed by atoms with Crippen LogP contribution in [0.1, 0.15) is 24.3 Å². The van der Waals surface area contributed by atoms with Crippen LogP contribution in [-0.4, -0.2) is 31.4 Å². The van der Waals surface area contributed by atoms with Crippen LogP contribution in [0.2, 0.25) is 0 Å². The maximum Gasteiger partial charge on any atom is 0.237 e. The van der Waals surface area contributed by atoms with Crippen molar-refractivity contribution in [2.24, 2.45) is 4.99 Å². The summed E-state index contributed by atoms with van der Waals surface area (Å²) >= 11 is 0. The van der Waals surface area contributed by atoms with Gasteiger partial charge in [0, 0.05) is 36.7 Å². The van der Waals surface area contributed by atoms with Gasteiger partial charge in [0.25, 0.3) is 0 Å². The molecule has 2 heterocycles. The van der Waals surface area contributed by atoms with Crippen molar-refractivity contribution < 1.29 is 18.3 Å². The lowest BCUT2D eigenvalue weighted by molar-refractivity contribution is -0.115. The molecule has 2 aliphatic heterocycles. The van der Waals surface area contributed by atoms with Crippen LogP contribution >= 0.6 is 0 Å². The maximum atomic E-state index is 14.3. The Balaban J connectivity index is 1.47. The van der Waals surface area contributed by atoms with E-state index in [0.29, 0.717) is 23.6 Å². The molecule has 2 aromatic carbocycles. The van der Waals surface area contributed by atoms with Crippen molar-refractivity contribution in [1.29, 1.82) is 0 Å². The third-order valence-electron chi connectivity index (χ3n) is 4.77. The monoisotopic (exact) mass is 371 g/mol. The van der Waals surface area contributed by atoms with Gasteiger partial charge in [0.1, 0.15) is 17.6 Å². The Hall–Kier alpha value is -2.80. The van der Waals surface area contributed by atoms with Crippen molar-refractivity contribution in [3.05, 3.63) is 53.6 Å². The predicted octanol–water partition coefficient (Wildman–Crippen LogP) is 3.99. The summed E-state index contributed by atoms with van der Waals surface area (Å²) < 4.78 is 33.8. The standard InChI is InChI=1S/C20H19F2N3O2/c21-15-4-1-5-18-19(15)14(20(26)25-18)11-23-12-6-7-17(16(22)9-12)24-10-13-3-2-8-27-13/h1,4-7,9,11,13-14,24H,2-3,8,10H2,(H,25,26). The van der Waals surface area contributed by atoms with Gasteiger partial charge in [0.15, 0.2) is 0 Å². The van der Waals surface area contributed by atoms with E-state index in [1.165, 1.54) is 24.4 Å². The van der Waals surface area contributed by atoms with E-state index < -0.39 is 17.6 Å². The summed E-state index contributed by atoms with van der Waals surface area (Å²) in [7, 11) is 0. The number of benzene rings is 2. The number of hydrogen-bond donors (Lipinski definition) is 2. The third kappa shape index (κ3) is 3.68. The molecule has 0 aliphatic carbocycles. The highest BCUT2D eigenvalue weighted by molar-refractivity contribution is 6.12. The molecule has 2 aliphatic rings. The normalized spacial score (nSPS) is 21.5. The topological polar surface area (TPSA) is 62.7 Å². The summed E-state index contributed by atoms with van der Waals surface area (Å²) in [5.41, 5.74) is 1.44. The second kappa shape index (κ2) is 7.44. The summed E-state index contributed by atoms with van der Waals surface area (Å²) in [4.78, 5) is 16.2. The minimum absolute atomic E-state index is 0.109. The van der Waals surface area contributed by atoms with Crippen LogP contribution in [-0.2, 0) is 9.53 Å². The Bertz CT molecular complexity index is 895. The second-order valence-corrected chi connectivity index (χ2v) is 6.63. The number of amides is 1. The molecular weight excluding hydrogens is 352 g/mol. The van der Waals surface area contributed by atoms with Crippen LogP contribution in [0.4, 0.5) is 25.8 Å². The first-order valence-corrected chi connectivity index (χ1v) is 8.90. The van der Waals surface area contributed by atoms with E-state index in [0.717, 1.165) is 19.4 Å². The zero-order valence-electron chi connectivity index (χ0n) is 14.5. The van der Waals surface area contributed by atoms with Gasteiger partial charge in [-0.05, 0) is 37.1 Å². The molecule has 4 rings (SSSR count). The number of halogens is 2. The second-order valence-electron chi connectivity index (χ2n) is 6.63. The molecule has 2 N–H and O–H groups in total. The molecule has 5 nitrogen and oxygen atoms in total. The Morgan fingerprint density at radius 1 is 1.26 bits per heavy atom. The molecule has 2 unspecified atom stereocenters. The number of nitrogens with one attached hydrogen (secondary N) is 2. The van der Waals surface area contributed by atoms with E-state index in [4.69, 9.17) is 4.74 Å². The van der Waals surface area contributed by atoms with Crippen molar-refractivity contribution in [3.63, 3.8) is 0 Å². The van der Waals surface area contributed by atoms with Crippen molar-refractivity contribution in [2.45, 2.75) is 24.9 Å². The van der Waals surface area contributed by atoms with Crippen LogP contribution in [0.15, 0.2) is 41.4 Å².